The van der Waals surface area contributed by atoms with Crippen LogP contribution in [0.4, 0.5) is 0 Å². The van der Waals surface area contributed by atoms with Crippen LogP contribution in [0.5, 0.6) is 0 Å². The number of Topliss-reactive ketones (excluding diaryl/α,β-unsaturated/α-hetero) is 1. The number of carbonyl (C=O) groups is 1. The lowest BCUT2D eigenvalue weighted by molar-refractivity contribution is 0.0900. The molecule has 0 saturated carbocycles. The number of rotatable bonds is 3. The first-order valence-corrected chi connectivity index (χ1v) is 5.21. The van der Waals surface area contributed by atoms with Gasteiger partial charge in [-0.3, -0.25) is 4.79 Å². The topological polar surface area (TPSA) is 46.5 Å². The SMILES string of the molecule is CCCC1(N=O)Cc2ccccc2C1=O. The Labute approximate surface area is 88.5 Å². The summed E-state index contributed by atoms with van der Waals surface area (Å²) in [5.74, 6) is -0.102. The lowest BCUT2D eigenvalue weighted by Gasteiger charge is -2.16. The van der Waals surface area contributed by atoms with Crippen LogP contribution >= 0.6 is 0 Å². The molecule has 2 rings (SSSR count). The summed E-state index contributed by atoms with van der Waals surface area (Å²) in [7, 11) is 0. The summed E-state index contributed by atoms with van der Waals surface area (Å²) in [6, 6.07) is 7.39. The van der Waals surface area contributed by atoms with E-state index < -0.39 is 5.54 Å². The first kappa shape index (κ1) is 10.0. The van der Waals surface area contributed by atoms with Crippen molar-refractivity contribution in [2.45, 2.75) is 31.7 Å². The maximum atomic E-state index is 12.0. The Bertz CT molecular complexity index is 414. The van der Waals surface area contributed by atoms with Gasteiger partial charge in [-0.2, -0.15) is 0 Å². The third-order valence-electron chi connectivity index (χ3n) is 3.01. The van der Waals surface area contributed by atoms with Crippen LogP contribution < -0.4 is 0 Å². The lowest BCUT2D eigenvalue weighted by Crippen LogP contribution is -2.33. The molecule has 0 aliphatic heterocycles. The highest BCUT2D eigenvalue weighted by atomic mass is 16.3. The summed E-state index contributed by atoms with van der Waals surface area (Å²) in [6.07, 6.45) is 1.81. The molecule has 0 N–H and O–H groups in total. The molecule has 1 unspecified atom stereocenters. The molecule has 0 aromatic heterocycles. The van der Waals surface area contributed by atoms with Gasteiger partial charge in [-0.25, -0.2) is 0 Å². The van der Waals surface area contributed by atoms with Gasteiger partial charge in [0.25, 0.3) is 0 Å². The van der Waals surface area contributed by atoms with Crippen LogP contribution in [0.25, 0.3) is 0 Å². The minimum Gasteiger partial charge on any atom is -0.291 e. The third kappa shape index (κ3) is 1.39. The summed E-state index contributed by atoms with van der Waals surface area (Å²) in [4.78, 5) is 23.0. The molecule has 0 radical (unpaired) electrons. The van der Waals surface area contributed by atoms with E-state index in [0.717, 1.165) is 12.0 Å². The Hall–Kier alpha value is -1.51. The van der Waals surface area contributed by atoms with Gasteiger partial charge in [0.1, 0.15) is 0 Å². The number of hydrogen-bond acceptors (Lipinski definition) is 3. The van der Waals surface area contributed by atoms with E-state index in [1.54, 1.807) is 6.07 Å². The largest absolute Gasteiger partial charge is 0.291 e. The van der Waals surface area contributed by atoms with Gasteiger partial charge in [0.15, 0.2) is 11.3 Å². The van der Waals surface area contributed by atoms with Crippen LogP contribution in [0.1, 0.15) is 35.7 Å². The van der Waals surface area contributed by atoms with Crippen molar-refractivity contribution in [3.05, 3.63) is 40.3 Å². The Morgan fingerprint density at radius 2 is 2.13 bits per heavy atom. The van der Waals surface area contributed by atoms with E-state index in [-0.39, 0.29) is 5.78 Å². The highest BCUT2D eigenvalue weighted by molar-refractivity contribution is 6.07. The summed E-state index contributed by atoms with van der Waals surface area (Å²) in [6.45, 7) is 1.96. The van der Waals surface area contributed by atoms with Crippen LogP contribution in [0.3, 0.4) is 0 Å². The van der Waals surface area contributed by atoms with Crippen molar-refractivity contribution in [1.29, 1.82) is 0 Å². The predicted octanol–water partition coefficient (Wildman–Crippen LogP) is 2.73. The number of fused-ring (bicyclic) bond motifs is 1. The lowest BCUT2D eigenvalue weighted by atomic mass is 9.90. The fraction of sp³-hybridized carbons (Fsp3) is 0.417. The minimum absolute atomic E-state index is 0.102. The summed E-state index contributed by atoms with van der Waals surface area (Å²) < 4.78 is 0. The minimum atomic E-state index is -1.02. The van der Waals surface area contributed by atoms with E-state index >= 15 is 0 Å². The molecule has 0 heterocycles. The second kappa shape index (κ2) is 3.57. The van der Waals surface area contributed by atoms with E-state index in [2.05, 4.69) is 5.18 Å². The summed E-state index contributed by atoms with van der Waals surface area (Å²) in [5, 5.41) is 3.10. The number of benzene rings is 1. The van der Waals surface area contributed by atoms with Crippen molar-refractivity contribution in [1.82, 2.24) is 0 Å². The van der Waals surface area contributed by atoms with Gasteiger partial charge in [-0.15, -0.1) is 4.91 Å². The normalized spacial score (nSPS) is 23.9. The molecule has 0 fully saturated rings. The van der Waals surface area contributed by atoms with Crippen LogP contribution in [-0.2, 0) is 6.42 Å². The van der Waals surface area contributed by atoms with Gasteiger partial charge < -0.3 is 0 Å². The van der Waals surface area contributed by atoms with E-state index in [4.69, 9.17) is 0 Å². The molecule has 0 spiro atoms. The van der Waals surface area contributed by atoms with Gasteiger partial charge in [0, 0.05) is 12.0 Å². The zero-order valence-corrected chi connectivity index (χ0v) is 8.69. The fourth-order valence-corrected chi connectivity index (χ4v) is 2.28. The summed E-state index contributed by atoms with van der Waals surface area (Å²) >= 11 is 0. The smallest absolute Gasteiger partial charge is 0.194 e. The van der Waals surface area contributed by atoms with Crippen LogP contribution in [-0.4, -0.2) is 11.3 Å². The van der Waals surface area contributed by atoms with Gasteiger partial charge in [-0.1, -0.05) is 42.8 Å². The van der Waals surface area contributed by atoms with Gasteiger partial charge in [0.05, 0.1) is 0 Å². The van der Waals surface area contributed by atoms with E-state index in [9.17, 15) is 9.70 Å². The molecule has 1 atom stereocenters. The molecule has 15 heavy (non-hydrogen) atoms. The molecule has 0 bridgehead atoms. The highest BCUT2D eigenvalue weighted by Crippen LogP contribution is 2.36. The quantitative estimate of drug-likeness (QED) is 0.709. The van der Waals surface area contributed by atoms with E-state index in [0.29, 0.717) is 18.4 Å². The Kier molecular flexibility index (Phi) is 2.39. The number of nitrogens with zero attached hydrogens (tertiary/aromatic N) is 1. The molecule has 1 aromatic carbocycles. The third-order valence-corrected chi connectivity index (χ3v) is 3.01. The Morgan fingerprint density at radius 1 is 1.40 bits per heavy atom. The van der Waals surface area contributed by atoms with Crippen LogP contribution in [0.15, 0.2) is 29.4 Å². The van der Waals surface area contributed by atoms with Crippen molar-refractivity contribution in [2.75, 3.05) is 0 Å². The Balaban J connectivity index is 2.44. The second-order valence-electron chi connectivity index (χ2n) is 4.04. The maximum Gasteiger partial charge on any atom is 0.194 e. The molecule has 78 valence electrons. The first-order valence-electron chi connectivity index (χ1n) is 5.21. The molecular weight excluding hydrogens is 190 g/mol. The van der Waals surface area contributed by atoms with Gasteiger partial charge in [0.2, 0.25) is 0 Å². The first-order chi connectivity index (χ1) is 7.23. The number of ketones is 1. The van der Waals surface area contributed by atoms with Crippen molar-refractivity contribution >= 4 is 5.78 Å². The fourth-order valence-electron chi connectivity index (χ4n) is 2.28. The molecule has 1 aliphatic rings. The zero-order valence-electron chi connectivity index (χ0n) is 8.69. The van der Waals surface area contributed by atoms with Crippen molar-refractivity contribution < 1.29 is 4.79 Å². The molecule has 3 nitrogen and oxygen atoms in total. The average molecular weight is 203 g/mol. The maximum absolute atomic E-state index is 12.0. The van der Waals surface area contributed by atoms with Gasteiger partial charge in [-0.05, 0) is 12.0 Å². The highest BCUT2D eigenvalue weighted by Gasteiger charge is 2.46. The van der Waals surface area contributed by atoms with E-state index in [1.165, 1.54) is 0 Å². The monoisotopic (exact) mass is 203 g/mol. The molecule has 1 aliphatic carbocycles. The molecule has 0 saturated heterocycles. The van der Waals surface area contributed by atoms with Crippen LogP contribution in [0, 0.1) is 4.91 Å². The molecule has 0 amide bonds. The van der Waals surface area contributed by atoms with Crippen LogP contribution in [0.2, 0.25) is 0 Å². The van der Waals surface area contributed by atoms with Crippen molar-refractivity contribution in [2.24, 2.45) is 5.18 Å². The number of hydrogen-bond donors (Lipinski definition) is 0. The predicted molar refractivity (Wildman–Crippen MR) is 57.9 cm³/mol. The van der Waals surface area contributed by atoms with Crippen molar-refractivity contribution in [3.63, 3.8) is 0 Å². The molecule has 1 aromatic rings. The van der Waals surface area contributed by atoms with Gasteiger partial charge >= 0.3 is 0 Å². The summed E-state index contributed by atoms with van der Waals surface area (Å²) in [5.41, 5.74) is 0.611. The standard InChI is InChI=1S/C12H13NO2/c1-2-7-12(13-15)8-9-5-3-4-6-10(9)11(12)14/h3-6H,2,7-8H2,1H3. The Morgan fingerprint density at radius 3 is 2.73 bits per heavy atom. The number of carbonyl (C=O) groups excluding carboxylic acids is 1. The molecule has 3 heteroatoms. The van der Waals surface area contributed by atoms with E-state index in [1.807, 2.05) is 25.1 Å². The zero-order chi connectivity index (χ0) is 10.9. The van der Waals surface area contributed by atoms with Crippen molar-refractivity contribution in [3.8, 4) is 0 Å². The average Bonchev–Trinajstić information content (AvgIpc) is 2.54. The number of nitroso groups, excluding NO2 is 1. The second-order valence-corrected chi connectivity index (χ2v) is 4.04. The molecular formula is C12H13NO2.